The molecule has 0 aliphatic heterocycles. The normalized spacial score (nSPS) is 10.9. The maximum absolute atomic E-state index is 11.5. The summed E-state index contributed by atoms with van der Waals surface area (Å²) < 4.78 is 11.4. The standard InChI is InChI=1S/C25H24N2O4/c1-25(2,14-18-7-4-5-9-21(18)30-3)16-31-22-11-10-17(13-19(22)15-26)23-20(24(28)29)8-6-12-27-23/h4-13H,14,16H2,1-3H3,(H,28,29). The maximum Gasteiger partial charge on any atom is 0.337 e. The predicted octanol–water partition coefficient (Wildman–Crippen LogP) is 4.97. The zero-order valence-corrected chi connectivity index (χ0v) is 17.8. The van der Waals surface area contributed by atoms with E-state index >= 15 is 0 Å². The summed E-state index contributed by atoms with van der Waals surface area (Å²) in [4.78, 5) is 15.7. The van der Waals surface area contributed by atoms with Crippen LogP contribution in [0.3, 0.4) is 0 Å². The number of pyridine rings is 1. The number of aromatic carboxylic acids is 1. The van der Waals surface area contributed by atoms with E-state index in [9.17, 15) is 15.2 Å². The third-order valence-electron chi connectivity index (χ3n) is 4.89. The average Bonchev–Trinajstić information content (AvgIpc) is 2.77. The summed E-state index contributed by atoms with van der Waals surface area (Å²) in [5.41, 5.74) is 2.15. The molecule has 158 valence electrons. The summed E-state index contributed by atoms with van der Waals surface area (Å²) >= 11 is 0. The van der Waals surface area contributed by atoms with Crippen molar-refractivity contribution in [2.24, 2.45) is 5.41 Å². The van der Waals surface area contributed by atoms with Crippen LogP contribution in [0.2, 0.25) is 0 Å². The average molecular weight is 416 g/mol. The number of hydrogen-bond acceptors (Lipinski definition) is 5. The van der Waals surface area contributed by atoms with Crippen LogP contribution in [0.5, 0.6) is 11.5 Å². The van der Waals surface area contributed by atoms with Crippen molar-refractivity contribution in [3.8, 4) is 28.8 Å². The zero-order valence-electron chi connectivity index (χ0n) is 17.8. The van der Waals surface area contributed by atoms with Gasteiger partial charge in [0.1, 0.15) is 17.6 Å². The van der Waals surface area contributed by atoms with Gasteiger partial charge in [0.05, 0.1) is 30.5 Å². The fraction of sp³-hybridized carbons (Fsp3) is 0.240. The molecule has 3 aromatic rings. The summed E-state index contributed by atoms with van der Waals surface area (Å²) in [5.74, 6) is 0.217. The van der Waals surface area contributed by atoms with Crippen molar-refractivity contribution in [2.75, 3.05) is 13.7 Å². The molecular formula is C25H24N2O4. The molecule has 0 saturated heterocycles. The Balaban J connectivity index is 1.80. The Morgan fingerprint density at radius 3 is 2.61 bits per heavy atom. The van der Waals surface area contributed by atoms with Crippen LogP contribution in [0.4, 0.5) is 0 Å². The molecule has 0 fully saturated rings. The van der Waals surface area contributed by atoms with Crippen molar-refractivity contribution in [1.29, 1.82) is 5.26 Å². The molecule has 0 aliphatic rings. The monoisotopic (exact) mass is 416 g/mol. The molecule has 6 heteroatoms. The SMILES string of the molecule is COc1ccccc1CC(C)(C)COc1ccc(-c2ncccc2C(=O)O)cc1C#N. The lowest BCUT2D eigenvalue weighted by Gasteiger charge is -2.26. The maximum atomic E-state index is 11.5. The van der Waals surface area contributed by atoms with Gasteiger partial charge in [-0.25, -0.2) is 4.79 Å². The molecule has 0 saturated carbocycles. The quantitative estimate of drug-likeness (QED) is 0.557. The highest BCUT2D eigenvalue weighted by Gasteiger charge is 2.22. The van der Waals surface area contributed by atoms with E-state index in [2.05, 4.69) is 24.9 Å². The minimum atomic E-state index is -1.07. The van der Waals surface area contributed by atoms with Crippen LogP contribution in [0.25, 0.3) is 11.3 Å². The third kappa shape index (κ3) is 5.20. The zero-order chi connectivity index (χ0) is 22.4. The van der Waals surface area contributed by atoms with Crippen molar-refractivity contribution in [1.82, 2.24) is 4.98 Å². The largest absolute Gasteiger partial charge is 0.496 e. The number of nitrogens with zero attached hydrogens (tertiary/aromatic N) is 2. The predicted molar refractivity (Wildman–Crippen MR) is 117 cm³/mol. The van der Waals surface area contributed by atoms with E-state index in [1.54, 1.807) is 31.4 Å². The van der Waals surface area contributed by atoms with Gasteiger partial charge in [0, 0.05) is 17.2 Å². The van der Waals surface area contributed by atoms with Crippen LogP contribution in [-0.4, -0.2) is 29.8 Å². The van der Waals surface area contributed by atoms with E-state index in [1.807, 2.05) is 24.3 Å². The van der Waals surface area contributed by atoms with Gasteiger partial charge in [0.2, 0.25) is 0 Å². The molecule has 31 heavy (non-hydrogen) atoms. The summed E-state index contributed by atoms with van der Waals surface area (Å²) in [6, 6.07) is 18.1. The van der Waals surface area contributed by atoms with Crippen LogP contribution >= 0.6 is 0 Å². The Hall–Kier alpha value is -3.85. The van der Waals surface area contributed by atoms with E-state index in [4.69, 9.17) is 9.47 Å². The number of ether oxygens (including phenoxy) is 2. The first-order valence-electron chi connectivity index (χ1n) is 9.82. The van der Waals surface area contributed by atoms with E-state index in [-0.39, 0.29) is 11.0 Å². The van der Waals surface area contributed by atoms with Gasteiger partial charge in [-0.05, 0) is 48.4 Å². The van der Waals surface area contributed by atoms with Gasteiger partial charge in [0.15, 0.2) is 0 Å². The minimum Gasteiger partial charge on any atom is -0.496 e. The molecule has 2 aromatic carbocycles. The third-order valence-corrected chi connectivity index (χ3v) is 4.89. The molecular weight excluding hydrogens is 392 g/mol. The molecule has 0 atom stereocenters. The smallest absolute Gasteiger partial charge is 0.337 e. The van der Waals surface area contributed by atoms with Gasteiger partial charge >= 0.3 is 5.97 Å². The highest BCUT2D eigenvalue weighted by molar-refractivity contribution is 5.94. The number of hydrogen-bond donors (Lipinski definition) is 1. The Labute approximate surface area is 181 Å². The molecule has 0 unspecified atom stereocenters. The Morgan fingerprint density at radius 1 is 1.13 bits per heavy atom. The number of methoxy groups -OCH3 is 1. The second kappa shape index (κ2) is 9.31. The van der Waals surface area contributed by atoms with Gasteiger partial charge in [0.25, 0.3) is 0 Å². The summed E-state index contributed by atoms with van der Waals surface area (Å²) in [7, 11) is 1.65. The van der Waals surface area contributed by atoms with Crippen LogP contribution in [0.1, 0.15) is 35.3 Å². The van der Waals surface area contributed by atoms with Crippen molar-refractivity contribution in [2.45, 2.75) is 20.3 Å². The fourth-order valence-electron chi connectivity index (χ4n) is 3.39. The highest BCUT2D eigenvalue weighted by Crippen LogP contribution is 2.31. The van der Waals surface area contributed by atoms with Crippen LogP contribution in [-0.2, 0) is 6.42 Å². The molecule has 0 radical (unpaired) electrons. The molecule has 1 aromatic heterocycles. The fourth-order valence-corrected chi connectivity index (χ4v) is 3.39. The number of nitriles is 1. The van der Waals surface area contributed by atoms with Crippen LogP contribution < -0.4 is 9.47 Å². The number of benzene rings is 2. The van der Waals surface area contributed by atoms with E-state index in [0.717, 1.165) is 17.7 Å². The summed E-state index contributed by atoms with van der Waals surface area (Å²) in [6.45, 7) is 4.57. The first kappa shape index (κ1) is 21.8. The first-order chi connectivity index (χ1) is 14.8. The lowest BCUT2D eigenvalue weighted by atomic mass is 9.86. The molecule has 0 amide bonds. The number of carboxylic acids is 1. The highest BCUT2D eigenvalue weighted by atomic mass is 16.5. The van der Waals surface area contributed by atoms with Gasteiger partial charge < -0.3 is 14.6 Å². The van der Waals surface area contributed by atoms with Crippen molar-refractivity contribution in [3.63, 3.8) is 0 Å². The van der Waals surface area contributed by atoms with Gasteiger partial charge in [-0.2, -0.15) is 5.26 Å². The van der Waals surface area contributed by atoms with E-state index in [1.165, 1.54) is 12.3 Å². The lowest BCUT2D eigenvalue weighted by molar-refractivity contribution is 0.0697. The van der Waals surface area contributed by atoms with Crippen LogP contribution in [0.15, 0.2) is 60.8 Å². The van der Waals surface area contributed by atoms with Crippen molar-refractivity contribution in [3.05, 3.63) is 77.5 Å². The number of aromatic nitrogens is 1. The Kier molecular flexibility index (Phi) is 6.56. The van der Waals surface area contributed by atoms with Crippen molar-refractivity contribution < 1.29 is 19.4 Å². The molecule has 0 spiro atoms. The second-order valence-electron chi connectivity index (χ2n) is 7.97. The van der Waals surface area contributed by atoms with Crippen LogP contribution in [0, 0.1) is 16.7 Å². The van der Waals surface area contributed by atoms with E-state index in [0.29, 0.717) is 29.2 Å². The Morgan fingerprint density at radius 2 is 1.90 bits per heavy atom. The molecule has 0 aliphatic carbocycles. The molecule has 0 bridgehead atoms. The lowest BCUT2D eigenvalue weighted by Crippen LogP contribution is -2.24. The Bertz CT molecular complexity index is 1130. The van der Waals surface area contributed by atoms with Gasteiger partial charge in [-0.15, -0.1) is 0 Å². The number of para-hydroxylation sites is 1. The topological polar surface area (TPSA) is 92.4 Å². The number of rotatable bonds is 8. The molecule has 6 nitrogen and oxygen atoms in total. The summed E-state index contributed by atoms with van der Waals surface area (Å²) in [5, 5.41) is 19.0. The number of carboxylic acid groups (broad SMARTS) is 1. The second-order valence-corrected chi connectivity index (χ2v) is 7.97. The van der Waals surface area contributed by atoms with E-state index < -0.39 is 5.97 Å². The first-order valence-corrected chi connectivity index (χ1v) is 9.82. The summed E-state index contributed by atoms with van der Waals surface area (Å²) in [6.07, 6.45) is 2.27. The molecule has 1 heterocycles. The molecule has 1 N–H and O–H groups in total. The molecule has 3 rings (SSSR count). The van der Waals surface area contributed by atoms with Crippen molar-refractivity contribution >= 4 is 5.97 Å². The van der Waals surface area contributed by atoms with Gasteiger partial charge in [-0.1, -0.05) is 32.0 Å². The van der Waals surface area contributed by atoms with Gasteiger partial charge in [-0.3, -0.25) is 4.98 Å². The minimum absolute atomic E-state index is 0.0815. The number of carbonyl (C=O) groups is 1.